The normalized spacial score (nSPS) is 32.2. The molecule has 2 atom stereocenters. The van der Waals surface area contributed by atoms with Crippen LogP contribution in [0.15, 0.2) is 0 Å². The van der Waals surface area contributed by atoms with Crippen LogP contribution in [-0.2, 0) is 0 Å². The molecule has 1 aliphatic carbocycles. The molecule has 0 amide bonds. The lowest BCUT2D eigenvalue weighted by Crippen LogP contribution is -2.50. The first-order chi connectivity index (χ1) is 7.10. The Morgan fingerprint density at radius 2 is 2.13 bits per heavy atom. The molecule has 0 spiro atoms. The van der Waals surface area contributed by atoms with Gasteiger partial charge in [0, 0.05) is 6.54 Å². The van der Waals surface area contributed by atoms with Crippen LogP contribution in [-0.4, -0.2) is 23.8 Å². The van der Waals surface area contributed by atoms with Gasteiger partial charge in [-0.2, -0.15) is 0 Å². The molecule has 1 aliphatic rings. The molecule has 0 aromatic rings. The molecule has 2 N–H and O–H groups in total. The van der Waals surface area contributed by atoms with Gasteiger partial charge in [0.15, 0.2) is 0 Å². The standard InChI is InChI=1S/C13H27NO/c1-4-9-14-10-13(15)8-6-5-7-12(13)11(2)3/h11-12,14-15H,4-10H2,1-3H3. The molecule has 15 heavy (non-hydrogen) atoms. The van der Waals surface area contributed by atoms with E-state index >= 15 is 0 Å². The van der Waals surface area contributed by atoms with Gasteiger partial charge >= 0.3 is 0 Å². The monoisotopic (exact) mass is 213 g/mol. The van der Waals surface area contributed by atoms with Crippen molar-refractivity contribution in [1.29, 1.82) is 0 Å². The lowest BCUT2D eigenvalue weighted by Gasteiger charge is -2.42. The molecule has 2 nitrogen and oxygen atoms in total. The smallest absolute Gasteiger partial charge is 0.0801 e. The minimum atomic E-state index is -0.443. The third kappa shape index (κ3) is 3.46. The van der Waals surface area contributed by atoms with Crippen molar-refractivity contribution in [2.45, 2.75) is 58.5 Å². The van der Waals surface area contributed by atoms with Crippen molar-refractivity contribution in [3.05, 3.63) is 0 Å². The van der Waals surface area contributed by atoms with Crippen LogP contribution in [0, 0.1) is 11.8 Å². The van der Waals surface area contributed by atoms with Crippen molar-refractivity contribution in [3.63, 3.8) is 0 Å². The fourth-order valence-electron chi connectivity index (χ4n) is 2.90. The van der Waals surface area contributed by atoms with E-state index in [9.17, 15) is 5.11 Å². The predicted octanol–water partition coefficient (Wildman–Crippen LogP) is 2.56. The van der Waals surface area contributed by atoms with Gasteiger partial charge in [0.1, 0.15) is 0 Å². The quantitative estimate of drug-likeness (QED) is 0.688. The minimum Gasteiger partial charge on any atom is -0.388 e. The SMILES string of the molecule is CCCNCC1(O)CCCCC1C(C)C. The van der Waals surface area contributed by atoms with Gasteiger partial charge in [-0.25, -0.2) is 0 Å². The second kappa shape index (κ2) is 5.86. The number of rotatable bonds is 5. The first kappa shape index (κ1) is 13.0. The van der Waals surface area contributed by atoms with E-state index in [1.165, 1.54) is 19.3 Å². The van der Waals surface area contributed by atoms with Crippen molar-refractivity contribution >= 4 is 0 Å². The van der Waals surface area contributed by atoms with Crippen LogP contribution in [0.25, 0.3) is 0 Å². The molecular formula is C13H27NO. The number of nitrogens with one attached hydrogen (secondary N) is 1. The highest BCUT2D eigenvalue weighted by molar-refractivity contribution is 4.93. The summed E-state index contributed by atoms with van der Waals surface area (Å²) in [4.78, 5) is 0. The zero-order valence-corrected chi connectivity index (χ0v) is 10.6. The van der Waals surface area contributed by atoms with Crippen molar-refractivity contribution in [2.24, 2.45) is 11.8 Å². The maximum absolute atomic E-state index is 10.7. The van der Waals surface area contributed by atoms with E-state index in [1.54, 1.807) is 0 Å². The zero-order valence-electron chi connectivity index (χ0n) is 10.6. The summed E-state index contributed by atoms with van der Waals surface area (Å²) in [7, 11) is 0. The van der Waals surface area contributed by atoms with Gasteiger partial charge in [-0.1, -0.05) is 33.6 Å². The fraction of sp³-hybridized carbons (Fsp3) is 1.00. The summed E-state index contributed by atoms with van der Waals surface area (Å²) in [6, 6.07) is 0. The summed E-state index contributed by atoms with van der Waals surface area (Å²) < 4.78 is 0. The lowest BCUT2D eigenvalue weighted by molar-refractivity contribution is -0.0637. The highest BCUT2D eigenvalue weighted by Gasteiger charge is 2.39. The number of hydrogen-bond donors (Lipinski definition) is 2. The van der Waals surface area contributed by atoms with Gasteiger partial charge in [0.05, 0.1) is 5.60 Å². The summed E-state index contributed by atoms with van der Waals surface area (Å²) in [5.41, 5.74) is -0.443. The van der Waals surface area contributed by atoms with E-state index in [2.05, 4.69) is 26.1 Å². The van der Waals surface area contributed by atoms with E-state index < -0.39 is 5.60 Å². The Hall–Kier alpha value is -0.0800. The summed E-state index contributed by atoms with van der Waals surface area (Å²) in [5.74, 6) is 1.08. The Morgan fingerprint density at radius 1 is 1.40 bits per heavy atom. The van der Waals surface area contributed by atoms with E-state index in [-0.39, 0.29) is 0 Å². The van der Waals surface area contributed by atoms with Crippen LogP contribution in [0.3, 0.4) is 0 Å². The Morgan fingerprint density at radius 3 is 2.73 bits per heavy atom. The molecule has 1 saturated carbocycles. The van der Waals surface area contributed by atoms with E-state index in [0.717, 1.165) is 25.9 Å². The molecule has 0 radical (unpaired) electrons. The summed E-state index contributed by atoms with van der Waals surface area (Å²) >= 11 is 0. The third-order valence-corrected chi connectivity index (χ3v) is 3.73. The summed E-state index contributed by atoms with van der Waals surface area (Å²) in [6.07, 6.45) is 5.80. The topological polar surface area (TPSA) is 32.3 Å². The van der Waals surface area contributed by atoms with Crippen molar-refractivity contribution in [3.8, 4) is 0 Å². The molecular weight excluding hydrogens is 186 g/mol. The molecule has 1 rings (SSSR count). The Balaban J connectivity index is 2.51. The second-order valence-corrected chi connectivity index (χ2v) is 5.38. The average Bonchev–Trinajstić information content (AvgIpc) is 2.18. The molecule has 0 aliphatic heterocycles. The number of hydrogen-bond acceptors (Lipinski definition) is 2. The van der Waals surface area contributed by atoms with Crippen LogP contribution in [0.5, 0.6) is 0 Å². The van der Waals surface area contributed by atoms with Crippen molar-refractivity contribution < 1.29 is 5.11 Å². The van der Waals surface area contributed by atoms with Crippen LogP contribution >= 0.6 is 0 Å². The van der Waals surface area contributed by atoms with Gasteiger partial charge in [0.2, 0.25) is 0 Å². The Bertz CT molecular complexity index is 181. The van der Waals surface area contributed by atoms with E-state index in [4.69, 9.17) is 0 Å². The average molecular weight is 213 g/mol. The van der Waals surface area contributed by atoms with Crippen LogP contribution in [0.1, 0.15) is 52.9 Å². The molecule has 0 aromatic heterocycles. The van der Waals surface area contributed by atoms with Crippen LogP contribution in [0.4, 0.5) is 0 Å². The lowest BCUT2D eigenvalue weighted by atomic mass is 9.70. The first-order valence-corrected chi connectivity index (χ1v) is 6.53. The first-order valence-electron chi connectivity index (χ1n) is 6.53. The van der Waals surface area contributed by atoms with E-state index in [1.807, 2.05) is 0 Å². The highest BCUT2D eigenvalue weighted by atomic mass is 16.3. The van der Waals surface area contributed by atoms with Gasteiger partial charge in [-0.3, -0.25) is 0 Å². The van der Waals surface area contributed by atoms with E-state index in [0.29, 0.717) is 11.8 Å². The van der Waals surface area contributed by atoms with Crippen molar-refractivity contribution in [1.82, 2.24) is 5.32 Å². The zero-order chi connectivity index (χ0) is 11.3. The maximum Gasteiger partial charge on any atom is 0.0801 e. The second-order valence-electron chi connectivity index (χ2n) is 5.38. The van der Waals surface area contributed by atoms with Gasteiger partial charge in [-0.05, 0) is 37.6 Å². The molecule has 0 aromatic carbocycles. The van der Waals surface area contributed by atoms with Gasteiger partial charge < -0.3 is 10.4 Å². The predicted molar refractivity (Wildman–Crippen MR) is 64.9 cm³/mol. The van der Waals surface area contributed by atoms with Crippen LogP contribution in [0.2, 0.25) is 0 Å². The summed E-state index contributed by atoms with van der Waals surface area (Å²) in [6.45, 7) is 8.44. The third-order valence-electron chi connectivity index (χ3n) is 3.73. The Labute approximate surface area is 94.5 Å². The summed E-state index contributed by atoms with van der Waals surface area (Å²) in [5, 5.41) is 14.0. The number of aliphatic hydroxyl groups is 1. The fourth-order valence-corrected chi connectivity index (χ4v) is 2.90. The highest BCUT2D eigenvalue weighted by Crippen LogP contribution is 2.37. The molecule has 0 heterocycles. The molecule has 2 heteroatoms. The molecule has 0 saturated heterocycles. The van der Waals surface area contributed by atoms with Gasteiger partial charge in [0.25, 0.3) is 0 Å². The van der Waals surface area contributed by atoms with Crippen molar-refractivity contribution in [2.75, 3.05) is 13.1 Å². The molecule has 1 fully saturated rings. The Kier molecular flexibility index (Phi) is 5.07. The van der Waals surface area contributed by atoms with Gasteiger partial charge in [-0.15, -0.1) is 0 Å². The molecule has 2 unspecified atom stereocenters. The largest absolute Gasteiger partial charge is 0.388 e. The molecule has 0 bridgehead atoms. The molecule has 90 valence electrons. The van der Waals surface area contributed by atoms with Crippen LogP contribution < -0.4 is 5.32 Å². The maximum atomic E-state index is 10.7. The minimum absolute atomic E-state index is 0.443.